The first-order chi connectivity index (χ1) is 10.1. The van der Waals surface area contributed by atoms with E-state index >= 15 is 0 Å². The lowest BCUT2D eigenvalue weighted by atomic mass is 9.75. The number of fused-ring (bicyclic) bond motifs is 1. The molecule has 122 valence electrons. The number of piperidine rings is 1. The van der Waals surface area contributed by atoms with E-state index in [1.165, 1.54) is 71.0 Å². The van der Waals surface area contributed by atoms with Crippen molar-refractivity contribution in [2.45, 2.75) is 75.9 Å². The molecule has 1 aliphatic carbocycles. The summed E-state index contributed by atoms with van der Waals surface area (Å²) in [5.74, 6) is 0.887. The number of rotatable bonds is 4. The molecule has 3 rings (SSSR count). The first kappa shape index (κ1) is 15.8. The molecule has 0 aromatic heterocycles. The molecule has 4 atom stereocenters. The number of nitrogens with one attached hydrogen (secondary N) is 1. The molecular formula is C18H35N3. The summed E-state index contributed by atoms with van der Waals surface area (Å²) in [4.78, 5) is 5.26. The molecule has 0 aromatic carbocycles. The van der Waals surface area contributed by atoms with Crippen molar-refractivity contribution in [1.29, 1.82) is 0 Å². The average Bonchev–Trinajstić information content (AvgIpc) is 2.88. The van der Waals surface area contributed by atoms with Gasteiger partial charge in [-0.1, -0.05) is 26.2 Å². The van der Waals surface area contributed by atoms with Crippen LogP contribution in [-0.2, 0) is 0 Å². The van der Waals surface area contributed by atoms with Crippen molar-refractivity contribution in [2.75, 3.05) is 33.7 Å². The van der Waals surface area contributed by atoms with E-state index in [0.717, 1.165) is 18.0 Å². The van der Waals surface area contributed by atoms with Gasteiger partial charge in [-0.05, 0) is 58.7 Å². The summed E-state index contributed by atoms with van der Waals surface area (Å²) in [5.41, 5.74) is 0.403. The molecule has 3 fully saturated rings. The maximum atomic E-state index is 4.01. The van der Waals surface area contributed by atoms with Gasteiger partial charge in [0.05, 0.1) is 0 Å². The van der Waals surface area contributed by atoms with Crippen molar-refractivity contribution in [3.05, 3.63) is 0 Å². The van der Waals surface area contributed by atoms with Gasteiger partial charge in [-0.2, -0.15) is 0 Å². The molecular weight excluding hydrogens is 258 g/mol. The highest BCUT2D eigenvalue weighted by atomic mass is 15.2. The summed E-state index contributed by atoms with van der Waals surface area (Å²) in [5, 5.41) is 4.01. The second-order valence-corrected chi connectivity index (χ2v) is 8.20. The Morgan fingerprint density at radius 2 is 1.95 bits per heavy atom. The highest BCUT2D eigenvalue weighted by molar-refractivity contribution is 4.99. The zero-order chi connectivity index (χ0) is 14.9. The minimum Gasteiger partial charge on any atom is -0.311 e. The molecule has 2 aliphatic heterocycles. The summed E-state index contributed by atoms with van der Waals surface area (Å²) in [6, 6.07) is 1.58. The van der Waals surface area contributed by atoms with Crippen molar-refractivity contribution < 1.29 is 0 Å². The molecule has 3 aliphatic rings. The predicted octanol–water partition coefficient (Wildman–Crippen LogP) is 2.71. The number of nitrogens with zero attached hydrogens (tertiary/aromatic N) is 2. The topological polar surface area (TPSA) is 18.5 Å². The minimum absolute atomic E-state index is 0.403. The lowest BCUT2D eigenvalue weighted by Gasteiger charge is -2.46. The van der Waals surface area contributed by atoms with Gasteiger partial charge in [0.15, 0.2) is 0 Å². The maximum Gasteiger partial charge on any atom is 0.0330 e. The molecule has 0 aromatic rings. The van der Waals surface area contributed by atoms with Gasteiger partial charge in [0.1, 0.15) is 0 Å². The maximum absolute atomic E-state index is 4.01. The van der Waals surface area contributed by atoms with E-state index in [2.05, 4.69) is 36.1 Å². The fraction of sp³-hybridized carbons (Fsp3) is 1.00. The van der Waals surface area contributed by atoms with Crippen LogP contribution in [-0.4, -0.2) is 61.2 Å². The fourth-order valence-corrected chi connectivity index (χ4v) is 5.16. The Bertz CT molecular complexity index is 343. The SMILES string of the molecule is CC1CCCC(CNC2CCN3CCCCC23)(N(C)C)C1. The van der Waals surface area contributed by atoms with E-state index in [-0.39, 0.29) is 0 Å². The highest BCUT2D eigenvalue weighted by Gasteiger charge is 2.40. The number of likely N-dealkylation sites (N-methyl/N-ethyl adjacent to an activating group) is 1. The van der Waals surface area contributed by atoms with Crippen LogP contribution < -0.4 is 5.32 Å². The largest absolute Gasteiger partial charge is 0.311 e. The lowest BCUT2D eigenvalue weighted by molar-refractivity contribution is 0.0691. The molecule has 0 spiro atoms. The predicted molar refractivity (Wildman–Crippen MR) is 89.7 cm³/mol. The number of hydrogen-bond acceptors (Lipinski definition) is 3. The van der Waals surface area contributed by atoms with Crippen LogP contribution in [0.4, 0.5) is 0 Å². The Morgan fingerprint density at radius 1 is 1.10 bits per heavy atom. The molecule has 1 N–H and O–H groups in total. The standard InChI is InChI=1S/C18H35N3/c1-15-7-6-10-18(13-15,20(2)3)14-19-16-9-12-21-11-5-4-8-17(16)21/h15-17,19H,4-14H2,1-3H3. The van der Waals surface area contributed by atoms with Crippen LogP contribution >= 0.6 is 0 Å². The Hall–Kier alpha value is -0.120. The second kappa shape index (κ2) is 6.55. The van der Waals surface area contributed by atoms with Crippen molar-refractivity contribution >= 4 is 0 Å². The van der Waals surface area contributed by atoms with Crippen LogP contribution in [0.2, 0.25) is 0 Å². The van der Waals surface area contributed by atoms with Crippen LogP contribution in [0.5, 0.6) is 0 Å². The van der Waals surface area contributed by atoms with Gasteiger partial charge < -0.3 is 10.2 Å². The van der Waals surface area contributed by atoms with Gasteiger partial charge in [-0.3, -0.25) is 4.90 Å². The molecule has 0 radical (unpaired) electrons. The molecule has 2 saturated heterocycles. The Morgan fingerprint density at radius 3 is 2.71 bits per heavy atom. The summed E-state index contributed by atoms with van der Waals surface area (Å²) >= 11 is 0. The van der Waals surface area contributed by atoms with Crippen molar-refractivity contribution in [3.63, 3.8) is 0 Å². The summed E-state index contributed by atoms with van der Waals surface area (Å²) in [6.45, 7) is 6.31. The Labute approximate surface area is 131 Å². The monoisotopic (exact) mass is 293 g/mol. The van der Waals surface area contributed by atoms with E-state index in [9.17, 15) is 0 Å². The van der Waals surface area contributed by atoms with Crippen LogP contribution in [0.25, 0.3) is 0 Å². The van der Waals surface area contributed by atoms with Crippen molar-refractivity contribution in [2.24, 2.45) is 5.92 Å². The third-order valence-electron chi connectivity index (χ3n) is 6.57. The van der Waals surface area contributed by atoms with E-state index in [1.54, 1.807) is 0 Å². The van der Waals surface area contributed by atoms with E-state index in [1.807, 2.05) is 0 Å². The van der Waals surface area contributed by atoms with Gasteiger partial charge in [0.25, 0.3) is 0 Å². The third-order valence-corrected chi connectivity index (χ3v) is 6.57. The van der Waals surface area contributed by atoms with Crippen LogP contribution in [0, 0.1) is 5.92 Å². The van der Waals surface area contributed by atoms with Crippen LogP contribution in [0.15, 0.2) is 0 Å². The smallest absolute Gasteiger partial charge is 0.0330 e. The zero-order valence-electron chi connectivity index (χ0n) is 14.4. The lowest BCUT2D eigenvalue weighted by Crippen LogP contribution is -2.57. The summed E-state index contributed by atoms with van der Waals surface area (Å²) in [7, 11) is 4.59. The van der Waals surface area contributed by atoms with Gasteiger partial charge in [0, 0.05) is 30.7 Å². The average molecular weight is 293 g/mol. The van der Waals surface area contributed by atoms with Gasteiger partial charge in [-0.25, -0.2) is 0 Å². The molecule has 3 heteroatoms. The third kappa shape index (κ3) is 3.30. The van der Waals surface area contributed by atoms with Gasteiger partial charge in [0.2, 0.25) is 0 Å². The summed E-state index contributed by atoms with van der Waals surface area (Å²) in [6.07, 6.45) is 11.2. The molecule has 1 saturated carbocycles. The molecule has 21 heavy (non-hydrogen) atoms. The molecule has 2 heterocycles. The first-order valence-electron chi connectivity index (χ1n) is 9.26. The highest BCUT2D eigenvalue weighted by Crippen LogP contribution is 2.36. The second-order valence-electron chi connectivity index (χ2n) is 8.20. The molecule has 0 amide bonds. The fourth-order valence-electron chi connectivity index (χ4n) is 5.16. The first-order valence-corrected chi connectivity index (χ1v) is 9.26. The van der Waals surface area contributed by atoms with E-state index in [0.29, 0.717) is 5.54 Å². The quantitative estimate of drug-likeness (QED) is 0.860. The van der Waals surface area contributed by atoms with Crippen LogP contribution in [0.1, 0.15) is 58.3 Å². The van der Waals surface area contributed by atoms with Crippen molar-refractivity contribution in [1.82, 2.24) is 15.1 Å². The molecule has 3 nitrogen and oxygen atoms in total. The Kier molecular flexibility index (Phi) is 4.92. The van der Waals surface area contributed by atoms with Gasteiger partial charge >= 0.3 is 0 Å². The molecule has 4 unspecified atom stereocenters. The van der Waals surface area contributed by atoms with Crippen molar-refractivity contribution in [3.8, 4) is 0 Å². The van der Waals surface area contributed by atoms with E-state index in [4.69, 9.17) is 0 Å². The normalized spacial score (nSPS) is 41.4. The number of hydrogen-bond donors (Lipinski definition) is 1. The van der Waals surface area contributed by atoms with Crippen LogP contribution in [0.3, 0.4) is 0 Å². The molecule has 0 bridgehead atoms. The minimum atomic E-state index is 0.403. The summed E-state index contributed by atoms with van der Waals surface area (Å²) < 4.78 is 0. The zero-order valence-corrected chi connectivity index (χ0v) is 14.4. The van der Waals surface area contributed by atoms with Gasteiger partial charge in [-0.15, -0.1) is 0 Å². The van der Waals surface area contributed by atoms with E-state index < -0.39 is 0 Å². The Balaban J connectivity index is 1.59.